The lowest BCUT2D eigenvalue weighted by Gasteiger charge is -2.33. The fourth-order valence-electron chi connectivity index (χ4n) is 2.56. The second kappa shape index (κ2) is 6.69. The van der Waals surface area contributed by atoms with E-state index in [0.29, 0.717) is 35.3 Å². The molecule has 0 spiro atoms. The minimum atomic E-state index is -0.203. The van der Waals surface area contributed by atoms with Gasteiger partial charge in [-0.05, 0) is 24.3 Å². The molecule has 1 atom stereocenters. The third-order valence-corrected chi connectivity index (χ3v) is 4.26. The average Bonchev–Trinajstić information content (AvgIpc) is 2.55. The number of halogens is 2. The molecule has 22 heavy (non-hydrogen) atoms. The first kappa shape index (κ1) is 15.3. The Kier molecular flexibility index (Phi) is 4.67. The van der Waals surface area contributed by atoms with Crippen LogP contribution in [0.4, 0.5) is 0 Å². The van der Waals surface area contributed by atoms with Crippen LogP contribution in [0.15, 0.2) is 48.5 Å². The Bertz CT molecular complexity index is 690. The van der Waals surface area contributed by atoms with Gasteiger partial charge in [-0.2, -0.15) is 0 Å². The molecule has 2 aromatic rings. The first-order valence-corrected chi connectivity index (χ1v) is 7.81. The molecule has 5 heteroatoms. The zero-order chi connectivity index (χ0) is 15.5. The van der Waals surface area contributed by atoms with Crippen molar-refractivity contribution in [1.82, 2.24) is 4.90 Å². The van der Waals surface area contributed by atoms with Crippen molar-refractivity contribution in [3.8, 4) is 0 Å². The molecule has 1 saturated heterocycles. The summed E-state index contributed by atoms with van der Waals surface area (Å²) in [6.45, 7) is 1.53. The second-order valence-electron chi connectivity index (χ2n) is 5.14. The van der Waals surface area contributed by atoms with Crippen molar-refractivity contribution in [3.63, 3.8) is 0 Å². The van der Waals surface area contributed by atoms with Crippen molar-refractivity contribution in [2.24, 2.45) is 0 Å². The molecule has 0 aromatic heterocycles. The zero-order valence-electron chi connectivity index (χ0n) is 11.8. The molecule has 0 N–H and O–H groups in total. The minimum absolute atomic E-state index is 0.0390. The molecule has 3 rings (SSSR count). The Morgan fingerprint density at radius 2 is 1.95 bits per heavy atom. The number of benzene rings is 2. The summed E-state index contributed by atoms with van der Waals surface area (Å²) in [6.07, 6.45) is -0.203. The molecule has 1 unspecified atom stereocenters. The molecular formula is C17H15Cl2NO2. The molecule has 0 aliphatic carbocycles. The number of nitrogens with zero attached hydrogens (tertiary/aromatic N) is 1. The van der Waals surface area contributed by atoms with Gasteiger partial charge in [-0.3, -0.25) is 4.79 Å². The minimum Gasteiger partial charge on any atom is -0.370 e. The third-order valence-electron chi connectivity index (χ3n) is 3.68. The molecule has 1 aliphatic heterocycles. The van der Waals surface area contributed by atoms with Crippen LogP contribution in [0.2, 0.25) is 10.0 Å². The highest BCUT2D eigenvalue weighted by Gasteiger charge is 2.27. The molecule has 114 valence electrons. The lowest BCUT2D eigenvalue weighted by atomic mass is 10.1. The standard InChI is InChI=1S/C17H15Cl2NO2/c18-13-5-3-4-12(10-13)17(21)20-8-9-22-16(11-20)14-6-1-2-7-15(14)19/h1-7,10,16H,8-9,11H2. The maximum Gasteiger partial charge on any atom is 0.254 e. The number of morpholine rings is 1. The van der Waals surface area contributed by atoms with Crippen molar-refractivity contribution in [2.45, 2.75) is 6.10 Å². The van der Waals surface area contributed by atoms with E-state index in [-0.39, 0.29) is 12.0 Å². The molecule has 1 fully saturated rings. The lowest BCUT2D eigenvalue weighted by molar-refractivity contribution is -0.0227. The van der Waals surface area contributed by atoms with Gasteiger partial charge < -0.3 is 9.64 Å². The van der Waals surface area contributed by atoms with Crippen LogP contribution in [-0.4, -0.2) is 30.5 Å². The first-order chi connectivity index (χ1) is 10.6. The lowest BCUT2D eigenvalue weighted by Crippen LogP contribution is -2.42. The highest BCUT2D eigenvalue weighted by Crippen LogP contribution is 2.29. The van der Waals surface area contributed by atoms with Crippen LogP contribution >= 0.6 is 23.2 Å². The third kappa shape index (κ3) is 3.27. The van der Waals surface area contributed by atoms with Crippen molar-refractivity contribution >= 4 is 29.1 Å². The van der Waals surface area contributed by atoms with Crippen LogP contribution < -0.4 is 0 Å². The van der Waals surface area contributed by atoms with Crippen molar-refractivity contribution in [3.05, 3.63) is 69.7 Å². The monoisotopic (exact) mass is 335 g/mol. The molecule has 3 nitrogen and oxygen atoms in total. The van der Waals surface area contributed by atoms with E-state index in [2.05, 4.69) is 0 Å². The summed E-state index contributed by atoms with van der Waals surface area (Å²) in [5.74, 6) is -0.0390. The molecule has 1 amide bonds. The molecule has 0 radical (unpaired) electrons. The van der Waals surface area contributed by atoms with Gasteiger partial charge >= 0.3 is 0 Å². The maximum atomic E-state index is 12.6. The number of carbonyl (C=O) groups is 1. The van der Waals surface area contributed by atoms with Crippen LogP contribution in [0.5, 0.6) is 0 Å². The summed E-state index contributed by atoms with van der Waals surface area (Å²) >= 11 is 12.2. The SMILES string of the molecule is O=C(c1cccc(Cl)c1)N1CCOC(c2ccccc2Cl)C1. The van der Waals surface area contributed by atoms with Crippen LogP contribution in [0.25, 0.3) is 0 Å². The number of ether oxygens (including phenoxy) is 1. The van der Waals surface area contributed by atoms with Crippen LogP contribution in [0.1, 0.15) is 22.0 Å². The number of hydrogen-bond donors (Lipinski definition) is 0. The Labute approximate surface area is 139 Å². The molecule has 1 heterocycles. The smallest absolute Gasteiger partial charge is 0.254 e. The van der Waals surface area contributed by atoms with Crippen LogP contribution in [0.3, 0.4) is 0 Å². The van der Waals surface area contributed by atoms with Gasteiger partial charge in [-0.25, -0.2) is 0 Å². The summed E-state index contributed by atoms with van der Waals surface area (Å²) in [5, 5.41) is 1.21. The van der Waals surface area contributed by atoms with Gasteiger partial charge in [0.1, 0.15) is 6.10 Å². The summed E-state index contributed by atoms with van der Waals surface area (Å²) in [6, 6.07) is 14.5. The van der Waals surface area contributed by atoms with E-state index in [1.54, 1.807) is 29.2 Å². The van der Waals surface area contributed by atoms with E-state index >= 15 is 0 Å². The Morgan fingerprint density at radius 3 is 2.73 bits per heavy atom. The quantitative estimate of drug-likeness (QED) is 0.822. The van der Waals surface area contributed by atoms with E-state index < -0.39 is 0 Å². The van der Waals surface area contributed by atoms with E-state index in [1.165, 1.54) is 0 Å². The predicted octanol–water partition coefficient (Wildman–Crippen LogP) is 4.21. The number of carbonyl (C=O) groups excluding carboxylic acids is 1. The van der Waals surface area contributed by atoms with Gasteiger partial charge in [0.2, 0.25) is 0 Å². The summed E-state index contributed by atoms with van der Waals surface area (Å²) in [5.41, 5.74) is 1.50. The van der Waals surface area contributed by atoms with E-state index in [9.17, 15) is 4.79 Å². The van der Waals surface area contributed by atoms with Gasteiger partial charge in [0.15, 0.2) is 0 Å². The van der Waals surface area contributed by atoms with Crippen molar-refractivity contribution < 1.29 is 9.53 Å². The summed E-state index contributed by atoms with van der Waals surface area (Å²) in [7, 11) is 0. The summed E-state index contributed by atoms with van der Waals surface area (Å²) in [4.78, 5) is 14.4. The summed E-state index contributed by atoms with van der Waals surface area (Å²) < 4.78 is 5.78. The number of amides is 1. The molecule has 0 saturated carbocycles. The number of rotatable bonds is 2. The number of hydrogen-bond acceptors (Lipinski definition) is 2. The molecule has 2 aromatic carbocycles. The van der Waals surface area contributed by atoms with Crippen LogP contribution in [-0.2, 0) is 4.74 Å². The maximum absolute atomic E-state index is 12.6. The van der Waals surface area contributed by atoms with Gasteiger partial charge in [0.05, 0.1) is 13.2 Å². The fraction of sp³-hybridized carbons (Fsp3) is 0.235. The molecular weight excluding hydrogens is 321 g/mol. The van der Waals surface area contributed by atoms with Gasteiger partial charge in [-0.15, -0.1) is 0 Å². The zero-order valence-corrected chi connectivity index (χ0v) is 13.3. The normalized spacial score (nSPS) is 18.3. The Hall–Kier alpha value is -1.55. The van der Waals surface area contributed by atoms with E-state index in [0.717, 1.165) is 5.56 Å². The predicted molar refractivity (Wildman–Crippen MR) is 87.5 cm³/mol. The van der Waals surface area contributed by atoms with Crippen molar-refractivity contribution in [1.29, 1.82) is 0 Å². The van der Waals surface area contributed by atoms with Gasteiger partial charge in [-0.1, -0.05) is 47.5 Å². The van der Waals surface area contributed by atoms with Gasteiger partial charge in [0.25, 0.3) is 5.91 Å². The Morgan fingerprint density at radius 1 is 1.14 bits per heavy atom. The average molecular weight is 336 g/mol. The Balaban J connectivity index is 1.78. The molecule has 1 aliphatic rings. The highest BCUT2D eigenvalue weighted by molar-refractivity contribution is 6.31. The largest absolute Gasteiger partial charge is 0.370 e. The van der Waals surface area contributed by atoms with E-state index in [1.807, 2.05) is 24.3 Å². The second-order valence-corrected chi connectivity index (χ2v) is 5.99. The molecule has 0 bridgehead atoms. The topological polar surface area (TPSA) is 29.5 Å². The fourth-order valence-corrected chi connectivity index (χ4v) is 3.01. The highest BCUT2D eigenvalue weighted by atomic mass is 35.5. The van der Waals surface area contributed by atoms with E-state index in [4.69, 9.17) is 27.9 Å². The van der Waals surface area contributed by atoms with Crippen molar-refractivity contribution in [2.75, 3.05) is 19.7 Å². The van der Waals surface area contributed by atoms with Gasteiger partial charge in [0, 0.05) is 27.7 Å². The first-order valence-electron chi connectivity index (χ1n) is 7.06. The van der Waals surface area contributed by atoms with Crippen LogP contribution in [0, 0.1) is 0 Å².